The molecule has 2 aromatic rings. The molecule has 0 atom stereocenters. The van der Waals surface area contributed by atoms with Crippen LogP contribution >= 0.6 is 0 Å². The van der Waals surface area contributed by atoms with Gasteiger partial charge < -0.3 is 5.32 Å². The molecule has 0 aliphatic carbocycles. The molecule has 0 fully saturated rings. The number of aromatic nitrogens is 5. The summed E-state index contributed by atoms with van der Waals surface area (Å²) in [5, 5.41) is 15.6. The summed E-state index contributed by atoms with van der Waals surface area (Å²) in [6.45, 7) is 5.74. The van der Waals surface area contributed by atoms with E-state index in [9.17, 15) is 0 Å². The Morgan fingerprint density at radius 3 is 2.88 bits per heavy atom. The molecule has 6 heteroatoms. The molecule has 0 spiro atoms. The van der Waals surface area contributed by atoms with Gasteiger partial charge in [-0.1, -0.05) is 19.1 Å². The van der Waals surface area contributed by atoms with Crippen LogP contribution in [0.2, 0.25) is 0 Å². The lowest BCUT2D eigenvalue weighted by molar-refractivity contribution is 0.544. The second kappa shape index (κ2) is 5.09. The normalized spacial score (nSPS) is 11.3. The van der Waals surface area contributed by atoms with Crippen molar-refractivity contribution in [3.8, 4) is 0 Å². The van der Waals surface area contributed by atoms with Gasteiger partial charge in [-0.05, 0) is 6.07 Å². The summed E-state index contributed by atoms with van der Waals surface area (Å²) in [6, 6.07) is 2.49. The first kappa shape index (κ1) is 11.8. The van der Waals surface area contributed by atoms with Crippen LogP contribution in [0.5, 0.6) is 0 Å². The van der Waals surface area contributed by atoms with Crippen LogP contribution in [-0.2, 0) is 20.1 Å². The average Bonchev–Trinajstić information content (AvgIpc) is 2.86. The van der Waals surface area contributed by atoms with Gasteiger partial charge in [0, 0.05) is 32.0 Å². The quantitative estimate of drug-likeness (QED) is 0.821. The van der Waals surface area contributed by atoms with E-state index in [-0.39, 0.29) is 0 Å². The number of aryl methyl sites for hydroxylation is 1. The zero-order valence-electron chi connectivity index (χ0n) is 10.5. The fraction of sp³-hybridized carbons (Fsp3) is 0.545. The summed E-state index contributed by atoms with van der Waals surface area (Å²) in [5.41, 5.74) is 2.08. The molecule has 0 amide bonds. The maximum absolute atomic E-state index is 4.30. The fourth-order valence-electron chi connectivity index (χ4n) is 1.58. The summed E-state index contributed by atoms with van der Waals surface area (Å²) in [6.07, 6.45) is 3.72. The van der Waals surface area contributed by atoms with Crippen LogP contribution in [0.1, 0.15) is 25.2 Å². The molecule has 6 nitrogen and oxygen atoms in total. The van der Waals surface area contributed by atoms with Crippen LogP contribution in [-0.4, -0.2) is 30.8 Å². The second-order valence-electron chi connectivity index (χ2n) is 4.40. The molecule has 0 saturated carbocycles. The number of rotatable bonds is 5. The molecule has 0 aromatic carbocycles. The summed E-state index contributed by atoms with van der Waals surface area (Å²) >= 11 is 0. The van der Waals surface area contributed by atoms with Crippen molar-refractivity contribution >= 4 is 0 Å². The van der Waals surface area contributed by atoms with Crippen molar-refractivity contribution in [2.75, 3.05) is 0 Å². The summed E-state index contributed by atoms with van der Waals surface area (Å²) in [4.78, 5) is 0. The smallest absolute Gasteiger partial charge is 0.104 e. The first-order chi connectivity index (χ1) is 8.15. The Kier molecular flexibility index (Phi) is 3.53. The summed E-state index contributed by atoms with van der Waals surface area (Å²) < 4.78 is 3.64. The minimum atomic E-state index is 0.467. The second-order valence-corrected chi connectivity index (χ2v) is 4.40. The van der Waals surface area contributed by atoms with E-state index in [1.165, 1.54) is 0 Å². The Morgan fingerprint density at radius 2 is 2.24 bits per heavy atom. The van der Waals surface area contributed by atoms with Crippen molar-refractivity contribution in [2.45, 2.75) is 33.0 Å². The number of nitrogens with zero attached hydrogens (tertiary/aromatic N) is 5. The molecule has 0 saturated heterocycles. The third-order valence-corrected chi connectivity index (χ3v) is 2.46. The third-order valence-electron chi connectivity index (χ3n) is 2.46. The molecule has 2 heterocycles. The maximum atomic E-state index is 4.30. The molecular formula is C11H18N6. The molecule has 0 unspecified atom stereocenters. The predicted molar refractivity (Wildman–Crippen MR) is 64.3 cm³/mol. The van der Waals surface area contributed by atoms with Crippen LogP contribution in [0.15, 0.2) is 18.5 Å². The van der Waals surface area contributed by atoms with Gasteiger partial charge in [-0.25, -0.2) is 0 Å². The van der Waals surface area contributed by atoms with Gasteiger partial charge >= 0.3 is 0 Å². The first-order valence-electron chi connectivity index (χ1n) is 5.74. The van der Waals surface area contributed by atoms with Gasteiger partial charge in [-0.2, -0.15) is 5.10 Å². The van der Waals surface area contributed by atoms with E-state index in [0.29, 0.717) is 12.6 Å². The Balaban J connectivity index is 2.03. The van der Waals surface area contributed by atoms with E-state index >= 15 is 0 Å². The van der Waals surface area contributed by atoms with Crippen molar-refractivity contribution in [1.29, 1.82) is 0 Å². The summed E-state index contributed by atoms with van der Waals surface area (Å²) in [7, 11) is 1.86. The van der Waals surface area contributed by atoms with Crippen LogP contribution in [0.3, 0.4) is 0 Å². The van der Waals surface area contributed by atoms with Crippen LogP contribution in [0.25, 0.3) is 0 Å². The molecule has 0 radical (unpaired) electrons. The summed E-state index contributed by atoms with van der Waals surface area (Å²) in [5.74, 6) is 0. The van der Waals surface area contributed by atoms with Crippen LogP contribution < -0.4 is 5.32 Å². The molecule has 1 N–H and O–H groups in total. The van der Waals surface area contributed by atoms with Crippen molar-refractivity contribution < 1.29 is 0 Å². The molecule has 0 aliphatic rings. The minimum Gasteiger partial charge on any atom is -0.309 e. The van der Waals surface area contributed by atoms with Crippen molar-refractivity contribution in [3.05, 3.63) is 29.8 Å². The van der Waals surface area contributed by atoms with Crippen molar-refractivity contribution in [2.24, 2.45) is 7.05 Å². The highest BCUT2D eigenvalue weighted by atomic mass is 15.4. The van der Waals surface area contributed by atoms with E-state index in [4.69, 9.17) is 0 Å². The Morgan fingerprint density at radius 1 is 1.41 bits per heavy atom. The van der Waals surface area contributed by atoms with Gasteiger partial charge in [-0.3, -0.25) is 9.36 Å². The lowest BCUT2D eigenvalue weighted by Crippen LogP contribution is -2.23. The lowest BCUT2D eigenvalue weighted by Gasteiger charge is -2.09. The number of nitrogens with one attached hydrogen (secondary N) is 1. The Bertz CT molecular complexity index is 470. The SMILES string of the molecule is CC(C)NCc1ccnn1Cc1cn(C)nn1. The zero-order valence-corrected chi connectivity index (χ0v) is 10.5. The molecule has 92 valence electrons. The molecular weight excluding hydrogens is 216 g/mol. The number of hydrogen-bond donors (Lipinski definition) is 1. The highest BCUT2D eigenvalue weighted by molar-refractivity contribution is 5.03. The van der Waals surface area contributed by atoms with Gasteiger partial charge in [0.05, 0.1) is 12.2 Å². The minimum absolute atomic E-state index is 0.467. The van der Waals surface area contributed by atoms with Gasteiger partial charge in [-0.15, -0.1) is 5.10 Å². The van der Waals surface area contributed by atoms with E-state index in [1.807, 2.05) is 30.2 Å². The van der Waals surface area contributed by atoms with Gasteiger partial charge in [0.25, 0.3) is 0 Å². The Hall–Kier alpha value is -1.69. The van der Waals surface area contributed by atoms with Crippen LogP contribution in [0.4, 0.5) is 0 Å². The highest BCUT2D eigenvalue weighted by Crippen LogP contribution is 2.03. The van der Waals surface area contributed by atoms with Gasteiger partial charge in [0.1, 0.15) is 5.69 Å². The Labute approximate surface area is 101 Å². The molecule has 2 aromatic heterocycles. The van der Waals surface area contributed by atoms with Gasteiger partial charge in [0.15, 0.2) is 0 Å². The van der Waals surface area contributed by atoms with E-state index < -0.39 is 0 Å². The lowest BCUT2D eigenvalue weighted by atomic mass is 10.3. The van der Waals surface area contributed by atoms with Crippen LogP contribution in [0, 0.1) is 0 Å². The zero-order chi connectivity index (χ0) is 12.3. The largest absolute Gasteiger partial charge is 0.309 e. The van der Waals surface area contributed by atoms with Crippen molar-refractivity contribution in [1.82, 2.24) is 30.1 Å². The highest BCUT2D eigenvalue weighted by Gasteiger charge is 2.06. The monoisotopic (exact) mass is 234 g/mol. The predicted octanol–water partition coefficient (Wildman–Crippen LogP) is 0.558. The average molecular weight is 234 g/mol. The maximum Gasteiger partial charge on any atom is 0.104 e. The molecule has 0 aliphatic heterocycles. The molecule has 2 rings (SSSR count). The molecule has 17 heavy (non-hydrogen) atoms. The standard InChI is InChI=1S/C11H18N6/c1-9(2)12-6-11-4-5-13-17(11)8-10-7-16(3)15-14-10/h4-5,7,9,12H,6,8H2,1-3H3. The van der Waals surface area contributed by atoms with Gasteiger partial charge in [0.2, 0.25) is 0 Å². The fourth-order valence-corrected chi connectivity index (χ4v) is 1.58. The van der Waals surface area contributed by atoms with E-state index in [1.54, 1.807) is 4.68 Å². The van der Waals surface area contributed by atoms with E-state index in [2.05, 4.69) is 34.6 Å². The third kappa shape index (κ3) is 3.13. The molecule has 0 bridgehead atoms. The first-order valence-corrected chi connectivity index (χ1v) is 5.74. The van der Waals surface area contributed by atoms with Crippen molar-refractivity contribution in [3.63, 3.8) is 0 Å². The number of hydrogen-bond acceptors (Lipinski definition) is 4. The van der Waals surface area contributed by atoms with E-state index in [0.717, 1.165) is 17.9 Å². The topological polar surface area (TPSA) is 60.6 Å².